The number of likely N-dealkylation sites (tertiary alicyclic amines) is 2. The van der Waals surface area contributed by atoms with E-state index in [9.17, 15) is 14.7 Å². The maximum Gasteiger partial charge on any atom is 0.228 e. The summed E-state index contributed by atoms with van der Waals surface area (Å²) in [6.07, 6.45) is 5.53. The van der Waals surface area contributed by atoms with Crippen molar-refractivity contribution in [2.24, 2.45) is 16.7 Å². The Kier molecular flexibility index (Phi) is 4.78. The van der Waals surface area contributed by atoms with Crippen LogP contribution in [0.25, 0.3) is 0 Å². The van der Waals surface area contributed by atoms with Gasteiger partial charge in [0, 0.05) is 44.7 Å². The summed E-state index contributed by atoms with van der Waals surface area (Å²) in [5.41, 5.74) is -1.03. The Bertz CT molecular complexity index is 608. The maximum absolute atomic E-state index is 12.9. The summed E-state index contributed by atoms with van der Waals surface area (Å²) < 4.78 is 0. The Morgan fingerprint density at radius 1 is 1.15 bits per heavy atom. The summed E-state index contributed by atoms with van der Waals surface area (Å²) in [7, 11) is 0. The van der Waals surface area contributed by atoms with Gasteiger partial charge in [0.25, 0.3) is 0 Å². The number of carbonyl (C=O) groups excluding carboxylic acids is 2. The van der Waals surface area contributed by atoms with Crippen LogP contribution >= 0.6 is 0 Å². The summed E-state index contributed by atoms with van der Waals surface area (Å²) in [5, 5.41) is 13.4. The van der Waals surface area contributed by atoms with Crippen molar-refractivity contribution in [3.63, 3.8) is 0 Å². The molecule has 2 amide bonds. The van der Waals surface area contributed by atoms with Gasteiger partial charge in [-0.15, -0.1) is 0 Å². The quantitative estimate of drug-likeness (QED) is 0.776. The molecule has 0 aromatic carbocycles. The minimum atomic E-state index is -0.750. The molecule has 0 aromatic heterocycles. The van der Waals surface area contributed by atoms with Gasteiger partial charge >= 0.3 is 0 Å². The van der Waals surface area contributed by atoms with Crippen LogP contribution in [0.2, 0.25) is 0 Å². The third-order valence-corrected chi connectivity index (χ3v) is 7.77. The van der Waals surface area contributed by atoms with Crippen molar-refractivity contribution in [2.75, 3.05) is 39.3 Å². The molecule has 4 rings (SSSR count). The second-order valence-electron chi connectivity index (χ2n) is 10.1. The fourth-order valence-electron chi connectivity index (χ4n) is 6.13. The van der Waals surface area contributed by atoms with Crippen molar-refractivity contribution >= 4 is 11.8 Å². The van der Waals surface area contributed by atoms with E-state index in [1.54, 1.807) is 0 Å². The van der Waals surface area contributed by atoms with E-state index in [1.807, 2.05) is 4.90 Å². The number of hydrogen-bond donors (Lipinski definition) is 2. The lowest BCUT2D eigenvalue weighted by molar-refractivity contribution is -0.145. The number of piperidine rings is 1. The molecule has 1 atom stereocenters. The summed E-state index contributed by atoms with van der Waals surface area (Å²) in [5.74, 6) is 0.915. The molecule has 1 aliphatic carbocycles. The predicted octanol–water partition coefficient (Wildman–Crippen LogP) is 1.38. The van der Waals surface area contributed by atoms with Crippen LogP contribution < -0.4 is 5.32 Å². The molecule has 4 aliphatic rings. The van der Waals surface area contributed by atoms with Crippen LogP contribution in [0.15, 0.2) is 0 Å². The predicted molar refractivity (Wildman–Crippen MR) is 103 cm³/mol. The van der Waals surface area contributed by atoms with Crippen LogP contribution in [0.1, 0.15) is 58.8 Å². The van der Waals surface area contributed by atoms with Gasteiger partial charge < -0.3 is 20.2 Å². The topological polar surface area (TPSA) is 72.9 Å². The minimum Gasteiger partial charge on any atom is -0.389 e. The molecule has 152 valence electrons. The van der Waals surface area contributed by atoms with Gasteiger partial charge in [0.1, 0.15) is 0 Å². The number of rotatable bonds is 4. The fourth-order valence-corrected chi connectivity index (χ4v) is 6.13. The average molecular weight is 378 g/mol. The van der Waals surface area contributed by atoms with E-state index in [0.717, 1.165) is 77.8 Å². The highest BCUT2D eigenvalue weighted by molar-refractivity contribution is 5.86. The van der Waals surface area contributed by atoms with Gasteiger partial charge in [-0.3, -0.25) is 9.59 Å². The molecule has 0 radical (unpaired) electrons. The zero-order chi connectivity index (χ0) is 19.3. The largest absolute Gasteiger partial charge is 0.389 e. The third-order valence-electron chi connectivity index (χ3n) is 7.77. The second-order valence-corrected chi connectivity index (χ2v) is 10.1. The molecule has 4 fully saturated rings. The number of amides is 2. The van der Waals surface area contributed by atoms with Crippen LogP contribution in [0, 0.1) is 16.7 Å². The first-order valence-electron chi connectivity index (χ1n) is 10.8. The lowest BCUT2D eigenvalue weighted by Crippen LogP contribution is -2.54. The van der Waals surface area contributed by atoms with Crippen LogP contribution in [-0.2, 0) is 9.59 Å². The molecule has 6 heteroatoms. The fraction of sp³-hybridized carbons (Fsp3) is 0.905. The molecule has 27 heavy (non-hydrogen) atoms. The number of carbonyl (C=O) groups is 2. The van der Waals surface area contributed by atoms with Crippen LogP contribution in [0.5, 0.6) is 0 Å². The van der Waals surface area contributed by atoms with Crippen molar-refractivity contribution in [3.8, 4) is 0 Å². The number of nitrogens with zero attached hydrogens (tertiary/aromatic N) is 2. The Morgan fingerprint density at radius 2 is 1.85 bits per heavy atom. The van der Waals surface area contributed by atoms with Crippen LogP contribution in [-0.4, -0.2) is 71.6 Å². The SMILES string of the molecule is CC(C)CN1CC2(CCN(C(=O)CC3(O)CCC3)CC2)C2(CCNC2=O)C1. The van der Waals surface area contributed by atoms with Gasteiger partial charge in [0.2, 0.25) is 11.8 Å². The third kappa shape index (κ3) is 3.19. The molecule has 1 saturated carbocycles. The first-order valence-corrected chi connectivity index (χ1v) is 10.8. The molecule has 3 aliphatic heterocycles. The number of hydrogen-bond acceptors (Lipinski definition) is 4. The van der Waals surface area contributed by atoms with E-state index < -0.39 is 5.60 Å². The molecule has 0 aromatic rings. The van der Waals surface area contributed by atoms with Gasteiger partial charge in [-0.1, -0.05) is 13.8 Å². The van der Waals surface area contributed by atoms with Crippen molar-refractivity contribution < 1.29 is 14.7 Å². The molecular weight excluding hydrogens is 342 g/mol. The van der Waals surface area contributed by atoms with E-state index >= 15 is 0 Å². The van der Waals surface area contributed by atoms with Gasteiger partial charge in [-0.25, -0.2) is 0 Å². The zero-order valence-corrected chi connectivity index (χ0v) is 16.9. The second kappa shape index (κ2) is 6.73. The molecule has 2 N–H and O–H groups in total. The van der Waals surface area contributed by atoms with Crippen molar-refractivity contribution in [3.05, 3.63) is 0 Å². The van der Waals surface area contributed by atoms with Crippen molar-refractivity contribution in [1.82, 2.24) is 15.1 Å². The summed E-state index contributed by atoms with van der Waals surface area (Å²) in [4.78, 5) is 30.0. The lowest BCUT2D eigenvalue weighted by Gasteiger charge is -2.47. The van der Waals surface area contributed by atoms with E-state index in [4.69, 9.17) is 0 Å². The highest BCUT2D eigenvalue weighted by Crippen LogP contribution is 2.56. The minimum absolute atomic E-state index is 0.00732. The van der Waals surface area contributed by atoms with Crippen molar-refractivity contribution in [2.45, 2.75) is 64.4 Å². The number of aliphatic hydroxyl groups is 1. The Morgan fingerprint density at radius 3 is 2.37 bits per heavy atom. The zero-order valence-electron chi connectivity index (χ0n) is 16.9. The maximum atomic E-state index is 12.9. The van der Waals surface area contributed by atoms with Crippen LogP contribution in [0.3, 0.4) is 0 Å². The number of fused-ring (bicyclic) bond motifs is 1. The van der Waals surface area contributed by atoms with Gasteiger partial charge in [0.15, 0.2) is 0 Å². The molecule has 3 saturated heterocycles. The molecule has 3 heterocycles. The highest BCUT2D eigenvalue weighted by atomic mass is 16.3. The van der Waals surface area contributed by atoms with E-state index in [2.05, 4.69) is 24.1 Å². The Balaban J connectivity index is 1.46. The normalized spacial score (nSPS) is 32.3. The smallest absolute Gasteiger partial charge is 0.228 e. The molecule has 6 nitrogen and oxygen atoms in total. The average Bonchev–Trinajstić information content (AvgIpc) is 3.08. The van der Waals surface area contributed by atoms with Gasteiger partial charge in [0.05, 0.1) is 17.4 Å². The number of nitrogens with one attached hydrogen (secondary N) is 1. The Hall–Kier alpha value is -1.14. The standard InChI is InChI=1S/C21H35N3O3/c1-16(2)13-23-14-19(21(15-23)6-9-22-18(21)26)7-10-24(11-8-19)17(25)12-20(27)4-3-5-20/h16,27H,3-15H2,1-2H3,(H,22,26). The summed E-state index contributed by atoms with van der Waals surface area (Å²) in [6.45, 7) is 9.57. The lowest BCUT2D eigenvalue weighted by atomic mass is 9.60. The van der Waals surface area contributed by atoms with Crippen LogP contribution in [0.4, 0.5) is 0 Å². The monoisotopic (exact) mass is 377 g/mol. The Labute approximate surface area is 162 Å². The molecule has 2 spiro atoms. The molecule has 0 bridgehead atoms. The van der Waals surface area contributed by atoms with Gasteiger partial charge in [-0.2, -0.15) is 0 Å². The van der Waals surface area contributed by atoms with E-state index in [1.165, 1.54) is 0 Å². The summed E-state index contributed by atoms with van der Waals surface area (Å²) in [6, 6.07) is 0. The first kappa shape index (κ1) is 19.2. The highest BCUT2D eigenvalue weighted by Gasteiger charge is 2.63. The molecule has 1 unspecified atom stereocenters. The summed E-state index contributed by atoms with van der Waals surface area (Å²) >= 11 is 0. The first-order chi connectivity index (χ1) is 12.8. The van der Waals surface area contributed by atoms with E-state index in [-0.39, 0.29) is 29.1 Å². The van der Waals surface area contributed by atoms with Crippen molar-refractivity contribution in [1.29, 1.82) is 0 Å². The molecular formula is C21H35N3O3. The van der Waals surface area contributed by atoms with Gasteiger partial charge in [-0.05, 0) is 44.4 Å². The van der Waals surface area contributed by atoms with E-state index in [0.29, 0.717) is 5.92 Å².